The van der Waals surface area contributed by atoms with Crippen molar-refractivity contribution in [1.82, 2.24) is 0 Å². The molecule has 1 aromatic carbocycles. The van der Waals surface area contributed by atoms with Gasteiger partial charge in [-0.15, -0.1) is 0 Å². The second kappa shape index (κ2) is 4.53. The summed E-state index contributed by atoms with van der Waals surface area (Å²) >= 11 is 0. The lowest BCUT2D eigenvalue weighted by Gasteiger charge is -2.21. The Bertz CT molecular complexity index is 444. The lowest BCUT2D eigenvalue weighted by molar-refractivity contribution is -0.138. The van der Waals surface area contributed by atoms with Crippen molar-refractivity contribution < 1.29 is 19.1 Å². The molecule has 1 amide bonds. The van der Waals surface area contributed by atoms with E-state index in [1.54, 1.807) is 24.3 Å². The molecule has 0 saturated carbocycles. The van der Waals surface area contributed by atoms with Crippen LogP contribution in [0.15, 0.2) is 24.3 Å². The number of carbonyl (C=O) groups is 2. The Kier molecular flexibility index (Phi) is 3.08. The minimum atomic E-state index is -1.01. The van der Waals surface area contributed by atoms with Crippen LogP contribution < -0.4 is 4.90 Å². The monoisotopic (exact) mass is 237 g/mol. The minimum absolute atomic E-state index is 0.203. The van der Waals surface area contributed by atoms with Crippen LogP contribution in [0.3, 0.4) is 0 Å². The van der Waals surface area contributed by atoms with E-state index in [0.29, 0.717) is 17.7 Å². The van der Waals surface area contributed by atoms with Gasteiger partial charge in [-0.2, -0.15) is 0 Å². The fourth-order valence-corrected chi connectivity index (χ4v) is 1.99. The Labute approximate surface area is 97.7 Å². The molecule has 0 spiro atoms. The van der Waals surface area contributed by atoms with Crippen LogP contribution in [-0.4, -0.2) is 23.0 Å². The van der Waals surface area contributed by atoms with E-state index in [1.807, 2.05) is 0 Å². The van der Waals surface area contributed by atoms with Gasteiger partial charge in [-0.05, 0) is 24.1 Å². The van der Waals surface area contributed by atoms with Crippen molar-refractivity contribution in [3.8, 4) is 0 Å². The Morgan fingerprint density at radius 3 is 2.59 bits per heavy atom. The highest BCUT2D eigenvalue weighted by atomic mass is 19.1. The summed E-state index contributed by atoms with van der Waals surface area (Å²) in [4.78, 5) is 23.9. The van der Waals surface area contributed by atoms with Crippen molar-refractivity contribution in [3.05, 3.63) is 29.8 Å². The van der Waals surface area contributed by atoms with Crippen LogP contribution in [0.5, 0.6) is 0 Å². The molecule has 2 rings (SSSR count). The molecule has 1 aromatic rings. The maximum Gasteiger partial charge on any atom is 0.326 e. The number of hydrogen-bond donors (Lipinski definition) is 1. The van der Waals surface area contributed by atoms with E-state index in [-0.39, 0.29) is 12.3 Å². The molecular formula is C12H12FNO3. The number of carboxylic acid groups (broad SMARTS) is 1. The Balaban J connectivity index is 2.29. The smallest absolute Gasteiger partial charge is 0.326 e. The zero-order valence-corrected chi connectivity index (χ0v) is 9.10. The van der Waals surface area contributed by atoms with E-state index in [4.69, 9.17) is 5.11 Å². The van der Waals surface area contributed by atoms with Gasteiger partial charge in [0.05, 0.1) is 0 Å². The molecule has 1 aliphatic rings. The lowest BCUT2D eigenvalue weighted by Crippen LogP contribution is -2.38. The first-order valence-electron chi connectivity index (χ1n) is 5.33. The van der Waals surface area contributed by atoms with Crippen molar-refractivity contribution in [2.24, 2.45) is 0 Å². The second-order valence-corrected chi connectivity index (χ2v) is 3.96. The summed E-state index contributed by atoms with van der Waals surface area (Å²) in [5.74, 6) is -1.21. The number of carbonyl (C=O) groups excluding carboxylic acids is 1. The lowest BCUT2D eigenvalue weighted by atomic mass is 10.2. The molecule has 1 saturated heterocycles. The highest BCUT2D eigenvalue weighted by Crippen LogP contribution is 2.27. The topological polar surface area (TPSA) is 57.6 Å². The average Bonchev–Trinajstić information content (AvgIpc) is 2.71. The molecule has 0 radical (unpaired) electrons. The highest BCUT2D eigenvalue weighted by Gasteiger charge is 2.36. The Hall–Kier alpha value is -1.91. The van der Waals surface area contributed by atoms with Gasteiger partial charge >= 0.3 is 5.97 Å². The van der Waals surface area contributed by atoms with Crippen LogP contribution in [0, 0.1) is 0 Å². The molecule has 1 N–H and O–H groups in total. The number of amides is 1. The predicted molar refractivity (Wildman–Crippen MR) is 59.4 cm³/mol. The quantitative estimate of drug-likeness (QED) is 0.871. The predicted octanol–water partition coefficient (Wildman–Crippen LogP) is 1.74. The SMILES string of the molecule is O=C(O)C1CCC(=O)N1c1ccc(CF)cc1. The third kappa shape index (κ3) is 2.13. The third-order valence-electron chi connectivity index (χ3n) is 2.87. The normalized spacial score (nSPS) is 19.7. The molecular weight excluding hydrogens is 225 g/mol. The molecule has 4 nitrogen and oxygen atoms in total. The van der Waals surface area contributed by atoms with Crippen molar-refractivity contribution >= 4 is 17.6 Å². The van der Waals surface area contributed by atoms with Gasteiger partial charge in [0.2, 0.25) is 5.91 Å². The molecule has 5 heteroatoms. The second-order valence-electron chi connectivity index (χ2n) is 3.96. The van der Waals surface area contributed by atoms with Crippen LogP contribution in [0.2, 0.25) is 0 Å². The van der Waals surface area contributed by atoms with Gasteiger partial charge in [-0.3, -0.25) is 9.69 Å². The highest BCUT2D eigenvalue weighted by molar-refractivity contribution is 6.02. The van der Waals surface area contributed by atoms with Crippen LogP contribution in [0.25, 0.3) is 0 Å². The molecule has 90 valence electrons. The molecule has 0 aliphatic carbocycles. The number of alkyl halides is 1. The number of nitrogens with zero attached hydrogens (tertiary/aromatic N) is 1. The molecule has 1 unspecified atom stereocenters. The largest absolute Gasteiger partial charge is 0.480 e. The first kappa shape index (κ1) is 11.6. The average molecular weight is 237 g/mol. The molecule has 1 heterocycles. The maximum absolute atomic E-state index is 12.3. The molecule has 0 bridgehead atoms. The fourth-order valence-electron chi connectivity index (χ4n) is 1.99. The van der Waals surface area contributed by atoms with Gasteiger partial charge in [0.1, 0.15) is 12.7 Å². The summed E-state index contributed by atoms with van der Waals surface area (Å²) in [7, 11) is 0. The number of benzene rings is 1. The molecule has 0 aromatic heterocycles. The van der Waals surface area contributed by atoms with E-state index in [2.05, 4.69) is 0 Å². The summed E-state index contributed by atoms with van der Waals surface area (Å²) in [5.41, 5.74) is 1.02. The Morgan fingerprint density at radius 1 is 1.41 bits per heavy atom. The summed E-state index contributed by atoms with van der Waals surface area (Å²) in [6.45, 7) is -0.573. The van der Waals surface area contributed by atoms with Gasteiger partial charge in [0, 0.05) is 12.1 Å². The van der Waals surface area contributed by atoms with E-state index in [1.165, 1.54) is 4.90 Å². The first-order valence-corrected chi connectivity index (χ1v) is 5.33. The summed E-state index contributed by atoms with van der Waals surface area (Å²) < 4.78 is 12.3. The molecule has 1 atom stereocenters. The zero-order valence-electron chi connectivity index (χ0n) is 9.10. The standard InChI is InChI=1S/C12H12FNO3/c13-7-8-1-3-9(4-2-8)14-10(12(16)17)5-6-11(14)15/h1-4,10H,5-7H2,(H,16,17). The van der Waals surface area contributed by atoms with E-state index < -0.39 is 18.7 Å². The van der Waals surface area contributed by atoms with Crippen molar-refractivity contribution in [2.45, 2.75) is 25.6 Å². The van der Waals surface area contributed by atoms with Gasteiger partial charge in [-0.25, -0.2) is 9.18 Å². The third-order valence-corrected chi connectivity index (χ3v) is 2.87. The molecule has 1 fully saturated rings. The van der Waals surface area contributed by atoms with Crippen molar-refractivity contribution in [3.63, 3.8) is 0 Å². The van der Waals surface area contributed by atoms with Gasteiger partial charge in [0.15, 0.2) is 0 Å². The molecule has 17 heavy (non-hydrogen) atoms. The van der Waals surface area contributed by atoms with Crippen molar-refractivity contribution in [2.75, 3.05) is 4.90 Å². The number of aliphatic carboxylic acids is 1. The van der Waals surface area contributed by atoms with Crippen LogP contribution in [0.4, 0.5) is 10.1 Å². The zero-order chi connectivity index (χ0) is 12.4. The van der Waals surface area contributed by atoms with Gasteiger partial charge < -0.3 is 5.11 Å². The fraction of sp³-hybridized carbons (Fsp3) is 0.333. The number of carboxylic acids is 1. The first-order chi connectivity index (χ1) is 8.13. The summed E-state index contributed by atoms with van der Waals surface area (Å²) in [6.07, 6.45) is 0.556. The number of rotatable bonds is 3. The minimum Gasteiger partial charge on any atom is -0.480 e. The number of anilines is 1. The maximum atomic E-state index is 12.3. The van der Waals surface area contributed by atoms with E-state index in [9.17, 15) is 14.0 Å². The van der Waals surface area contributed by atoms with Gasteiger partial charge in [-0.1, -0.05) is 12.1 Å². The van der Waals surface area contributed by atoms with Crippen LogP contribution in [-0.2, 0) is 16.3 Å². The summed E-state index contributed by atoms with van der Waals surface area (Å²) in [5, 5.41) is 9.01. The number of halogens is 1. The molecule has 1 aliphatic heterocycles. The van der Waals surface area contributed by atoms with E-state index >= 15 is 0 Å². The summed E-state index contributed by atoms with van der Waals surface area (Å²) in [6, 6.07) is 5.46. The van der Waals surface area contributed by atoms with Gasteiger partial charge in [0.25, 0.3) is 0 Å². The van der Waals surface area contributed by atoms with Crippen LogP contribution >= 0.6 is 0 Å². The van der Waals surface area contributed by atoms with E-state index in [0.717, 1.165) is 0 Å². The number of hydrogen-bond acceptors (Lipinski definition) is 2. The van der Waals surface area contributed by atoms with Crippen molar-refractivity contribution in [1.29, 1.82) is 0 Å². The Morgan fingerprint density at radius 2 is 2.06 bits per heavy atom. The van der Waals surface area contributed by atoms with Crippen LogP contribution in [0.1, 0.15) is 18.4 Å².